The number of nitrogens with one attached hydrogen (secondary N) is 3. The lowest BCUT2D eigenvalue weighted by Gasteiger charge is -2.42. The molecule has 0 radical (unpaired) electrons. The Balaban J connectivity index is 1.59. The number of halogens is 4. The molecule has 2 unspecified atom stereocenters. The summed E-state index contributed by atoms with van der Waals surface area (Å²) >= 11 is 6.04. The third kappa shape index (κ3) is 4.51. The van der Waals surface area contributed by atoms with E-state index in [9.17, 15) is 18.0 Å². The summed E-state index contributed by atoms with van der Waals surface area (Å²) < 4.78 is 44.4. The molecule has 4 rings (SSSR count). The van der Waals surface area contributed by atoms with Crippen molar-refractivity contribution in [3.8, 4) is 11.4 Å². The molecule has 3 heterocycles. The molecule has 0 aliphatic heterocycles. The van der Waals surface area contributed by atoms with Gasteiger partial charge in [0.2, 0.25) is 0 Å². The van der Waals surface area contributed by atoms with Gasteiger partial charge in [0.1, 0.15) is 5.65 Å². The molecule has 1 saturated carbocycles. The molecule has 1 fully saturated rings. The zero-order valence-electron chi connectivity index (χ0n) is 17.8. The molecule has 3 aromatic rings. The third-order valence-electron chi connectivity index (χ3n) is 5.86. The maximum absolute atomic E-state index is 14.9. The standard InChI is InChI=1S/C21H23ClF3N6OP/c1-2-26-19(32)21(24,25)20(33)5-3-4-12(7-20)30-18-15(23)10-29-17(31-18)14-9-28-16-13(14)6-11(22)8-27-16/h6,8-10,12H,2-5,7,33H2,1H3,(H,26,32)(H,27,28)(H,29,30,31)/t12?,20-/m1/s1. The minimum Gasteiger partial charge on any atom is -0.365 e. The molecule has 1 aliphatic rings. The van der Waals surface area contributed by atoms with Gasteiger partial charge in [-0.05, 0) is 32.3 Å². The number of amides is 1. The number of hydrogen-bond donors (Lipinski definition) is 3. The van der Waals surface area contributed by atoms with Gasteiger partial charge in [-0.15, -0.1) is 9.24 Å². The van der Waals surface area contributed by atoms with E-state index >= 15 is 0 Å². The van der Waals surface area contributed by atoms with Gasteiger partial charge in [0.25, 0.3) is 5.91 Å². The van der Waals surface area contributed by atoms with E-state index in [1.165, 1.54) is 6.20 Å². The summed E-state index contributed by atoms with van der Waals surface area (Å²) in [6.45, 7) is 1.70. The van der Waals surface area contributed by atoms with Crippen molar-refractivity contribution in [1.82, 2.24) is 25.3 Å². The Bertz CT molecular complexity index is 1190. The number of hydrogen-bond acceptors (Lipinski definition) is 5. The Kier molecular flexibility index (Phi) is 6.51. The second-order valence-electron chi connectivity index (χ2n) is 8.17. The Morgan fingerprint density at radius 3 is 2.94 bits per heavy atom. The average molecular weight is 499 g/mol. The van der Waals surface area contributed by atoms with Gasteiger partial charge in [-0.25, -0.2) is 19.3 Å². The summed E-state index contributed by atoms with van der Waals surface area (Å²) in [5.74, 6) is -5.45. The van der Waals surface area contributed by atoms with Gasteiger partial charge in [0, 0.05) is 35.9 Å². The maximum atomic E-state index is 14.9. The van der Waals surface area contributed by atoms with E-state index in [1.807, 2.05) is 0 Å². The first-order valence-electron chi connectivity index (χ1n) is 10.5. The number of anilines is 1. The van der Waals surface area contributed by atoms with Crippen molar-refractivity contribution in [2.75, 3.05) is 11.9 Å². The van der Waals surface area contributed by atoms with E-state index < -0.39 is 28.8 Å². The first kappa shape index (κ1) is 23.7. The van der Waals surface area contributed by atoms with Crippen LogP contribution in [0.1, 0.15) is 32.6 Å². The topological polar surface area (TPSA) is 95.6 Å². The van der Waals surface area contributed by atoms with Crippen LogP contribution in [-0.4, -0.2) is 49.5 Å². The van der Waals surface area contributed by atoms with Gasteiger partial charge in [-0.3, -0.25) is 4.79 Å². The molecule has 12 heteroatoms. The molecule has 7 nitrogen and oxygen atoms in total. The molecule has 176 valence electrons. The van der Waals surface area contributed by atoms with Crippen LogP contribution in [0, 0.1) is 5.82 Å². The average Bonchev–Trinajstić information content (AvgIpc) is 3.18. The highest BCUT2D eigenvalue weighted by Crippen LogP contribution is 2.48. The van der Waals surface area contributed by atoms with Crippen LogP contribution in [0.4, 0.5) is 19.0 Å². The van der Waals surface area contributed by atoms with E-state index in [2.05, 4.69) is 39.8 Å². The monoisotopic (exact) mass is 498 g/mol. The van der Waals surface area contributed by atoms with E-state index in [0.717, 1.165) is 6.20 Å². The molecule has 3 N–H and O–H groups in total. The normalized spacial score (nSPS) is 21.2. The lowest BCUT2D eigenvalue weighted by atomic mass is 9.80. The van der Waals surface area contributed by atoms with Crippen molar-refractivity contribution in [1.29, 1.82) is 0 Å². The fraction of sp³-hybridized carbons (Fsp3) is 0.429. The summed E-state index contributed by atoms with van der Waals surface area (Å²) in [5, 5.41) is 4.61. The number of pyridine rings is 1. The fourth-order valence-corrected chi connectivity index (χ4v) is 4.95. The van der Waals surface area contributed by atoms with Crippen LogP contribution in [0.5, 0.6) is 0 Å². The van der Waals surface area contributed by atoms with Gasteiger partial charge < -0.3 is 15.6 Å². The number of H-pyrrole nitrogens is 1. The predicted molar refractivity (Wildman–Crippen MR) is 124 cm³/mol. The van der Waals surface area contributed by atoms with Gasteiger partial charge in [0.15, 0.2) is 17.5 Å². The van der Waals surface area contributed by atoms with Crippen molar-refractivity contribution in [3.05, 3.63) is 35.5 Å². The van der Waals surface area contributed by atoms with Crippen molar-refractivity contribution >= 4 is 43.6 Å². The SMILES string of the molecule is CCNC(=O)C(F)(F)[C@@]1(P)CCCC(Nc2nc(-c3c[nH]c4ncc(Cl)cc34)ncc2F)C1. The minimum absolute atomic E-state index is 0.0484. The first-order chi connectivity index (χ1) is 15.6. The number of alkyl halides is 2. The summed E-state index contributed by atoms with van der Waals surface area (Å²) in [6.07, 6.45) is 5.26. The summed E-state index contributed by atoms with van der Waals surface area (Å²) in [4.78, 5) is 27.6. The quantitative estimate of drug-likeness (QED) is 0.433. The van der Waals surface area contributed by atoms with E-state index in [-0.39, 0.29) is 31.0 Å². The van der Waals surface area contributed by atoms with E-state index in [4.69, 9.17) is 11.6 Å². The molecule has 33 heavy (non-hydrogen) atoms. The van der Waals surface area contributed by atoms with Crippen LogP contribution in [-0.2, 0) is 4.79 Å². The Hall–Kier alpha value is -2.45. The summed E-state index contributed by atoms with van der Waals surface area (Å²) in [5.41, 5.74) is 1.15. The van der Waals surface area contributed by atoms with Crippen LogP contribution >= 0.6 is 20.8 Å². The number of rotatable bonds is 6. The number of carbonyl (C=O) groups is 1. The largest absolute Gasteiger partial charge is 0.365 e. The first-order valence-corrected chi connectivity index (χ1v) is 11.5. The molecule has 0 saturated heterocycles. The van der Waals surface area contributed by atoms with Crippen molar-refractivity contribution in [2.45, 2.75) is 49.7 Å². The van der Waals surface area contributed by atoms with Gasteiger partial charge in [-0.1, -0.05) is 18.0 Å². The maximum Gasteiger partial charge on any atom is 0.333 e. The zero-order chi connectivity index (χ0) is 23.8. The second-order valence-corrected chi connectivity index (χ2v) is 9.71. The molecule has 1 amide bonds. The molecule has 3 aromatic heterocycles. The molecular formula is C21H23ClF3N6OP. The number of fused-ring (bicyclic) bond motifs is 1. The van der Waals surface area contributed by atoms with Gasteiger partial charge in [0.05, 0.1) is 16.4 Å². The molecule has 0 spiro atoms. The zero-order valence-corrected chi connectivity index (χ0v) is 19.7. The number of aromatic amines is 1. The van der Waals surface area contributed by atoms with Crippen LogP contribution in [0.25, 0.3) is 22.4 Å². The second kappa shape index (κ2) is 9.06. The fourth-order valence-electron chi connectivity index (χ4n) is 4.17. The number of nitrogens with zero attached hydrogens (tertiary/aromatic N) is 3. The lowest BCUT2D eigenvalue weighted by Crippen LogP contribution is -2.56. The lowest BCUT2D eigenvalue weighted by molar-refractivity contribution is -0.152. The van der Waals surface area contributed by atoms with Crippen LogP contribution < -0.4 is 10.6 Å². The van der Waals surface area contributed by atoms with Crippen molar-refractivity contribution in [2.24, 2.45) is 0 Å². The number of aromatic nitrogens is 4. The molecule has 0 aromatic carbocycles. The summed E-state index contributed by atoms with van der Waals surface area (Å²) in [6, 6.07) is 1.19. The van der Waals surface area contributed by atoms with Crippen LogP contribution in [0.3, 0.4) is 0 Å². The van der Waals surface area contributed by atoms with Crippen molar-refractivity contribution in [3.63, 3.8) is 0 Å². The minimum atomic E-state index is -3.58. The molecule has 0 bridgehead atoms. The van der Waals surface area contributed by atoms with E-state index in [1.54, 1.807) is 19.2 Å². The van der Waals surface area contributed by atoms with Crippen LogP contribution in [0.2, 0.25) is 5.02 Å². The summed E-state index contributed by atoms with van der Waals surface area (Å²) in [7, 11) is 2.17. The molecular weight excluding hydrogens is 476 g/mol. The Labute approximate surface area is 195 Å². The highest BCUT2D eigenvalue weighted by Gasteiger charge is 2.57. The Morgan fingerprint density at radius 1 is 1.39 bits per heavy atom. The van der Waals surface area contributed by atoms with Crippen LogP contribution in [0.15, 0.2) is 24.7 Å². The number of carbonyl (C=O) groups excluding carboxylic acids is 1. The predicted octanol–water partition coefficient (Wildman–Crippen LogP) is 4.55. The van der Waals surface area contributed by atoms with Gasteiger partial charge in [-0.2, -0.15) is 8.78 Å². The highest BCUT2D eigenvalue weighted by atomic mass is 35.5. The molecule has 3 atom stereocenters. The smallest absolute Gasteiger partial charge is 0.333 e. The van der Waals surface area contributed by atoms with Gasteiger partial charge >= 0.3 is 5.92 Å². The van der Waals surface area contributed by atoms with E-state index in [0.29, 0.717) is 34.5 Å². The molecule has 1 aliphatic carbocycles. The highest BCUT2D eigenvalue weighted by molar-refractivity contribution is 7.19. The third-order valence-corrected chi connectivity index (χ3v) is 6.95. The van der Waals surface area contributed by atoms with Crippen molar-refractivity contribution < 1.29 is 18.0 Å². The Morgan fingerprint density at radius 2 is 2.18 bits per heavy atom.